The standard InChI is InChI=1S/C39H28ClF2N3O7/c40-22-7-5-21(6-8-22)39-29(35(48)45(38(39)52)43-24-11-9-23(41)10-12-24)18-28-26(33(39)19-4-15-31(46)30(42)17-19)13-14-27-32(28)36(49)44(34(27)47)25-3-1-2-20(16-25)37(50)51/h1-13,15-17,27-29,32-33,43,46H,14,18H2,(H,50,51)/t27-,28+,29-,32-,33-,39+/m0/s1. The molecule has 2 heterocycles. The van der Waals surface area contributed by atoms with Crippen molar-refractivity contribution in [3.8, 4) is 5.75 Å². The molecular weight excluding hydrogens is 696 g/mol. The number of carboxylic acid groups (broad SMARTS) is 1. The van der Waals surface area contributed by atoms with Gasteiger partial charge in [-0.25, -0.2) is 13.6 Å². The van der Waals surface area contributed by atoms with Crippen LogP contribution in [0.1, 0.15) is 40.2 Å². The number of aromatic carboxylic acids is 1. The van der Waals surface area contributed by atoms with Gasteiger partial charge < -0.3 is 10.2 Å². The molecule has 52 heavy (non-hydrogen) atoms. The van der Waals surface area contributed by atoms with E-state index in [9.17, 15) is 33.8 Å². The molecule has 13 heteroatoms. The minimum atomic E-state index is -1.73. The number of phenolic OH excluding ortho intramolecular Hbond substituents is 1. The molecule has 3 N–H and O–H groups in total. The summed E-state index contributed by atoms with van der Waals surface area (Å²) < 4.78 is 29.1. The molecular formula is C39H28ClF2N3O7. The Morgan fingerprint density at radius 2 is 1.60 bits per heavy atom. The van der Waals surface area contributed by atoms with Crippen molar-refractivity contribution < 1.29 is 43.0 Å². The van der Waals surface area contributed by atoms with E-state index >= 15 is 9.18 Å². The van der Waals surface area contributed by atoms with Crippen LogP contribution in [-0.2, 0) is 24.6 Å². The van der Waals surface area contributed by atoms with Crippen LogP contribution in [0.5, 0.6) is 5.75 Å². The molecule has 262 valence electrons. The molecule has 8 rings (SSSR count). The molecule has 1 saturated carbocycles. The minimum Gasteiger partial charge on any atom is -0.505 e. The lowest BCUT2D eigenvalue weighted by Crippen LogP contribution is -2.53. The largest absolute Gasteiger partial charge is 0.505 e. The molecule has 2 aliphatic heterocycles. The van der Waals surface area contributed by atoms with Gasteiger partial charge in [0.2, 0.25) is 11.8 Å². The molecule has 4 aromatic carbocycles. The Bertz CT molecular complexity index is 2250. The van der Waals surface area contributed by atoms with E-state index in [1.807, 2.05) is 0 Å². The summed E-state index contributed by atoms with van der Waals surface area (Å²) in [5, 5.41) is 21.0. The topological polar surface area (TPSA) is 144 Å². The highest BCUT2D eigenvalue weighted by Gasteiger charge is 2.70. The molecule has 2 saturated heterocycles. The van der Waals surface area contributed by atoms with Crippen molar-refractivity contribution in [2.24, 2.45) is 23.7 Å². The zero-order valence-corrected chi connectivity index (χ0v) is 27.8. The van der Waals surface area contributed by atoms with E-state index in [1.165, 1.54) is 42.5 Å². The first-order chi connectivity index (χ1) is 24.9. The molecule has 0 radical (unpaired) electrons. The highest BCUT2D eigenvalue weighted by Crippen LogP contribution is 2.64. The lowest BCUT2D eigenvalue weighted by molar-refractivity contribution is -0.138. The maximum Gasteiger partial charge on any atom is 0.335 e. The van der Waals surface area contributed by atoms with Crippen LogP contribution in [0.25, 0.3) is 0 Å². The second-order valence-electron chi connectivity index (χ2n) is 13.5. The van der Waals surface area contributed by atoms with Gasteiger partial charge in [0.1, 0.15) is 5.82 Å². The second-order valence-corrected chi connectivity index (χ2v) is 13.9. The van der Waals surface area contributed by atoms with Crippen molar-refractivity contribution in [3.63, 3.8) is 0 Å². The number of anilines is 2. The highest BCUT2D eigenvalue weighted by molar-refractivity contribution is 6.30. The number of amides is 4. The van der Waals surface area contributed by atoms with Gasteiger partial charge in [-0.1, -0.05) is 47.5 Å². The first-order valence-corrected chi connectivity index (χ1v) is 16.9. The van der Waals surface area contributed by atoms with Crippen LogP contribution in [0.4, 0.5) is 20.2 Å². The maximum absolute atomic E-state index is 15.3. The van der Waals surface area contributed by atoms with Gasteiger partial charge in [0.05, 0.1) is 40.1 Å². The van der Waals surface area contributed by atoms with E-state index in [4.69, 9.17) is 11.6 Å². The number of rotatable bonds is 6. The van der Waals surface area contributed by atoms with E-state index in [1.54, 1.807) is 30.3 Å². The normalized spacial score (nSPS) is 26.5. The van der Waals surface area contributed by atoms with Crippen molar-refractivity contribution in [2.75, 3.05) is 10.3 Å². The highest BCUT2D eigenvalue weighted by atomic mass is 35.5. The van der Waals surface area contributed by atoms with Gasteiger partial charge in [0.15, 0.2) is 11.6 Å². The average molecular weight is 724 g/mol. The number of carbonyl (C=O) groups is 5. The molecule has 0 spiro atoms. The summed E-state index contributed by atoms with van der Waals surface area (Å²) in [6.07, 6.45) is 1.81. The first kappa shape index (κ1) is 33.3. The molecule has 0 bridgehead atoms. The van der Waals surface area contributed by atoms with E-state index in [0.717, 1.165) is 34.2 Å². The maximum atomic E-state index is 15.3. The number of carboxylic acids is 1. The summed E-state index contributed by atoms with van der Waals surface area (Å²) in [6, 6.07) is 20.7. The van der Waals surface area contributed by atoms with Crippen molar-refractivity contribution in [2.45, 2.75) is 24.2 Å². The third-order valence-corrected chi connectivity index (χ3v) is 11.2. The van der Waals surface area contributed by atoms with E-state index in [-0.39, 0.29) is 35.3 Å². The van der Waals surface area contributed by atoms with Gasteiger partial charge in [-0.2, -0.15) is 5.01 Å². The predicted molar refractivity (Wildman–Crippen MR) is 183 cm³/mol. The first-order valence-electron chi connectivity index (χ1n) is 16.5. The Kier molecular flexibility index (Phi) is 7.76. The number of hydrazine groups is 1. The molecule has 6 atom stereocenters. The lowest BCUT2D eigenvalue weighted by Gasteiger charge is -2.50. The van der Waals surface area contributed by atoms with Crippen LogP contribution >= 0.6 is 11.6 Å². The molecule has 0 unspecified atom stereocenters. The summed E-state index contributed by atoms with van der Waals surface area (Å²) in [7, 11) is 0. The number of phenols is 1. The molecule has 10 nitrogen and oxygen atoms in total. The van der Waals surface area contributed by atoms with Gasteiger partial charge in [-0.05, 0) is 96.6 Å². The van der Waals surface area contributed by atoms with Gasteiger partial charge in [0.25, 0.3) is 11.8 Å². The van der Waals surface area contributed by atoms with E-state index < -0.39 is 82.0 Å². The van der Waals surface area contributed by atoms with Crippen molar-refractivity contribution in [1.29, 1.82) is 0 Å². The zero-order chi connectivity index (χ0) is 36.6. The van der Waals surface area contributed by atoms with Crippen LogP contribution in [0.2, 0.25) is 5.02 Å². The number of benzene rings is 4. The number of allylic oxidation sites excluding steroid dienone is 2. The fourth-order valence-electron chi connectivity index (χ4n) is 8.77. The van der Waals surface area contributed by atoms with Crippen molar-refractivity contribution >= 4 is 52.6 Å². The van der Waals surface area contributed by atoms with Crippen molar-refractivity contribution in [3.05, 3.63) is 136 Å². The Balaban J connectivity index is 1.31. The number of imide groups is 2. The van der Waals surface area contributed by atoms with Gasteiger partial charge in [-0.15, -0.1) is 0 Å². The van der Waals surface area contributed by atoms with Gasteiger partial charge in [-0.3, -0.25) is 29.5 Å². The van der Waals surface area contributed by atoms with Crippen LogP contribution in [0.15, 0.2) is 103 Å². The number of fused-ring (bicyclic) bond motifs is 4. The SMILES string of the molecule is O=C(O)c1cccc(N2C(=O)[C@H]3[C@H](CC=C4[C@H]3C[C@H]3C(=O)N(Nc5ccc(F)cc5)C(=O)[C@@]3(c3ccc(Cl)cc3)[C@H]4c3ccc(O)c(F)c3)C2=O)c1. The van der Waals surface area contributed by atoms with Crippen molar-refractivity contribution in [1.82, 2.24) is 5.01 Å². The molecule has 0 aromatic heterocycles. The lowest BCUT2D eigenvalue weighted by atomic mass is 9.49. The van der Waals surface area contributed by atoms with E-state index in [0.29, 0.717) is 16.2 Å². The fourth-order valence-corrected chi connectivity index (χ4v) is 8.89. The number of carbonyl (C=O) groups excluding carboxylic acids is 4. The average Bonchev–Trinajstić information content (AvgIpc) is 3.51. The van der Waals surface area contributed by atoms with Crippen LogP contribution in [0, 0.1) is 35.3 Å². The van der Waals surface area contributed by atoms with E-state index in [2.05, 4.69) is 5.43 Å². The number of hydrogen-bond donors (Lipinski definition) is 3. The Hall–Kier alpha value is -5.88. The Labute approximate surface area is 299 Å². The molecule has 3 fully saturated rings. The number of nitrogens with one attached hydrogen (secondary N) is 1. The summed E-state index contributed by atoms with van der Waals surface area (Å²) in [5.74, 6) is -10.7. The third kappa shape index (κ3) is 4.85. The quantitative estimate of drug-likeness (QED) is 0.157. The van der Waals surface area contributed by atoms with Crippen LogP contribution in [0.3, 0.4) is 0 Å². The predicted octanol–water partition coefficient (Wildman–Crippen LogP) is 6.21. The van der Waals surface area contributed by atoms with Gasteiger partial charge in [0, 0.05) is 10.9 Å². The molecule has 4 amide bonds. The number of halogens is 3. The summed E-state index contributed by atoms with van der Waals surface area (Å²) in [5.41, 5.74) is 2.52. The number of aromatic hydroxyl groups is 1. The monoisotopic (exact) mass is 723 g/mol. The summed E-state index contributed by atoms with van der Waals surface area (Å²) in [4.78, 5) is 70.8. The summed E-state index contributed by atoms with van der Waals surface area (Å²) in [6.45, 7) is 0. The second kappa shape index (κ2) is 12.1. The number of nitrogens with zero attached hydrogens (tertiary/aromatic N) is 2. The van der Waals surface area contributed by atoms with Gasteiger partial charge >= 0.3 is 5.97 Å². The zero-order valence-electron chi connectivity index (χ0n) is 27.0. The Morgan fingerprint density at radius 3 is 2.29 bits per heavy atom. The third-order valence-electron chi connectivity index (χ3n) is 10.9. The number of hydrogen-bond acceptors (Lipinski definition) is 7. The Morgan fingerprint density at radius 1 is 0.865 bits per heavy atom. The fraction of sp³-hybridized carbons (Fsp3) is 0.205. The minimum absolute atomic E-state index is 0.0547. The molecule has 2 aliphatic carbocycles. The molecule has 4 aromatic rings. The summed E-state index contributed by atoms with van der Waals surface area (Å²) >= 11 is 6.29. The smallest absolute Gasteiger partial charge is 0.335 e. The van der Waals surface area contributed by atoms with Crippen LogP contribution < -0.4 is 10.3 Å². The molecule has 4 aliphatic rings. The van der Waals surface area contributed by atoms with Crippen LogP contribution in [-0.4, -0.2) is 44.8 Å².